The first-order chi connectivity index (χ1) is 8.65. The molecule has 0 radical (unpaired) electrons. The molecule has 0 amide bonds. The van der Waals surface area contributed by atoms with Crippen LogP contribution in [0.25, 0.3) is 0 Å². The number of Topliss-reactive ketones (excluding diaryl/α,β-unsaturated/α-hetero) is 1. The van der Waals surface area contributed by atoms with E-state index in [9.17, 15) is 9.18 Å². The SMILES string of the molecule is O=C(CSC1CCCC1)Cc1ccc(F)cc1Br. The van der Waals surface area contributed by atoms with Gasteiger partial charge in [0.1, 0.15) is 11.6 Å². The van der Waals surface area contributed by atoms with E-state index in [0.29, 0.717) is 21.9 Å². The molecule has 98 valence electrons. The number of hydrogen-bond acceptors (Lipinski definition) is 2. The van der Waals surface area contributed by atoms with Gasteiger partial charge in [-0.15, -0.1) is 0 Å². The zero-order valence-electron chi connectivity index (χ0n) is 10.1. The topological polar surface area (TPSA) is 17.1 Å². The van der Waals surface area contributed by atoms with Crippen molar-refractivity contribution in [1.82, 2.24) is 0 Å². The Bertz CT molecular complexity index is 430. The van der Waals surface area contributed by atoms with E-state index in [1.807, 2.05) is 0 Å². The average Bonchev–Trinajstić information content (AvgIpc) is 2.83. The number of rotatable bonds is 5. The van der Waals surface area contributed by atoms with E-state index >= 15 is 0 Å². The van der Waals surface area contributed by atoms with Crippen LogP contribution in [0.5, 0.6) is 0 Å². The van der Waals surface area contributed by atoms with E-state index < -0.39 is 0 Å². The highest BCUT2D eigenvalue weighted by atomic mass is 79.9. The molecule has 1 saturated carbocycles. The van der Waals surface area contributed by atoms with Crippen LogP contribution < -0.4 is 0 Å². The molecule has 1 aliphatic rings. The predicted octanol–water partition coefficient (Wildman–Crippen LogP) is 4.38. The van der Waals surface area contributed by atoms with Crippen molar-refractivity contribution < 1.29 is 9.18 Å². The quantitative estimate of drug-likeness (QED) is 0.797. The van der Waals surface area contributed by atoms with E-state index in [1.165, 1.54) is 37.8 Å². The number of carbonyl (C=O) groups excluding carboxylic acids is 1. The molecule has 0 atom stereocenters. The molecule has 1 aromatic rings. The first kappa shape index (κ1) is 14.1. The minimum absolute atomic E-state index is 0.221. The molecule has 1 fully saturated rings. The fraction of sp³-hybridized carbons (Fsp3) is 0.500. The Morgan fingerprint density at radius 1 is 1.39 bits per heavy atom. The summed E-state index contributed by atoms with van der Waals surface area (Å²) in [6.45, 7) is 0. The Morgan fingerprint density at radius 3 is 2.78 bits per heavy atom. The Kier molecular flexibility index (Phi) is 5.25. The summed E-state index contributed by atoms with van der Waals surface area (Å²) >= 11 is 5.08. The van der Waals surface area contributed by atoms with Gasteiger partial charge in [-0.25, -0.2) is 4.39 Å². The summed E-state index contributed by atoms with van der Waals surface area (Å²) in [5.74, 6) is 0.520. The van der Waals surface area contributed by atoms with Gasteiger partial charge < -0.3 is 0 Å². The van der Waals surface area contributed by atoms with Gasteiger partial charge in [0.15, 0.2) is 0 Å². The molecule has 0 N–H and O–H groups in total. The molecule has 0 heterocycles. The molecule has 18 heavy (non-hydrogen) atoms. The summed E-state index contributed by atoms with van der Waals surface area (Å²) in [4.78, 5) is 11.9. The summed E-state index contributed by atoms with van der Waals surface area (Å²) < 4.78 is 13.6. The lowest BCUT2D eigenvalue weighted by Crippen LogP contribution is -2.09. The Labute approximate surface area is 120 Å². The maximum Gasteiger partial charge on any atom is 0.147 e. The summed E-state index contributed by atoms with van der Waals surface area (Å²) in [5, 5.41) is 0.672. The van der Waals surface area contributed by atoms with Crippen molar-refractivity contribution in [3.8, 4) is 0 Å². The third-order valence-electron chi connectivity index (χ3n) is 3.18. The van der Waals surface area contributed by atoms with Gasteiger partial charge in [-0.05, 0) is 30.5 Å². The molecule has 1 aromatic carbocycles. The molecule has 4 heteroatoms. The smallest absolute Gasteiger partial charge is 0.147 e. The molecule has 0 unspecified atom stereocenters. The monoisotopic (exact) mass is 330 g/mol. The highest BCUT2D eigenvalue weighted by Crippen LogP contribution is 2.29. The van der Waals surface area contributed by atoms with Gasteiger partial charge >= 0.3 is 0 Å². The lowest BCUT2D eigenvalue weighted by Gasteiger charge is -2.08. The van der Waals surface area contributed by atoms with Gasteiger partial charge in [-0.1, -0.05) is 34.8 Å². The maximum absolute atomic E-state index is 12.9. The standard InChI is InChI=1S/C14H16BrFOS/c15-14-8-11(16)6-5-10(14)7-12(17)9-18-13-3-1-2-4-13/h5-6,8,13H,1-4,7,9H2. The molecular formula is C14H16BrFOS. The average molecular weight is 331 g/mol. The second kappa shape index (κ2) is 6.71. The summed E-state index contributed by atoms with van der Waals surface area (Å²) in [7, 11) is 0. The van der Waals surface area contributed by atoms with Crippen molar-refractivity contribution in [2.45, 2.75) is 37.4 Å². The van der Waals surface area contributed by atoms with Crippen molar-refractivity contribution in [3.05, 3.63) is 34.1 Å². The van der Waals surface area contributed by atoms with Crippen molar-refractivity contribution >= 4 is 33.5 Å². The molecule has 2 rings (SSSR count). The third kappa shape index (κ3) is 4.09. The van der Waals surface area contributed by atoms with Crippen LogP contribution in [0.3, 0.4) is 0 Å². The van der Waals surface area contributed by atoms with Gasteiger partial charge in [0.05, 0.1) is 5.75 Å². The summed E-state index contributed by atoms with van der Waals surface area (Å²) in [6.07, 6.45) is 5.49. The van der Waals surface area contributed by atoms with Gasteiger partial charge in [-0.2, -0.15) is 11.8 Å². The molecular weight excluding hydrogens is 315 g/mol. The zero-order chi connectivity index (χ0) is 13.0. The summed E-state index contributed by atoms with van der Waals surface area (Å²) in [6, 6.07) is 4.49. The summed E-state index contributed by atoms with van der Waals surface area (Å²) in [5.41, 5.74) is 0.869. The van der Waals surface area contributed by atoms with E-state index in [1.54, 1.807) is 17.8 Å². The maximum atomic E-state index is 12.9. The van der Waals surface area contributed by atoms with Crippen molar-refractivity contribution in [2.24, 2.45) is 0 Å². The zero-order valence-corrected chi connectivity index (χ0v) is 12.5. The fourth-order valence-electron chi connectivity index (χ4n) is 2.19. The first-order valence-corrected chi connectivity index (χ1v) is 8.06. The predicted molar refractivity (Wildman–Crippen MR) is 77.5 cm³/mol. The molecule has 0 aliphatic heterocycles. The number of thioether (sulfide) groups is 1. The van der Waals surface area contributed by atoms with Crippen molar-refractivity contribution in [3.63, 3.8) is 0 Å². The lowest BCUT2D eigenvalue weighted by atomic mass is 10.1. The van der Waals surface area contributed by atoms with Crippen LogP contribution in [-0.2, 0) is 11.2 Å². The van der Waals surface area contributed by atoms with Crippen LogP contribution in [0.4, 0.5) is 4.39 Å². The van der Waals surface area contributed by atoms with E-state index in [0.717, 1.165) is 5.56 Å². The van der Waals surface area contributed by atoms with Crippen molar-refractivity contribution in [1.29, 1.82) is 0 Å². The Morgan fingerprint density at radius 2 is 2.11 bits per heavy atom. The Hall–Kier alpha value is -0.350. The minimum atomic E-state index is -0.279. The molecule has 0 bridgehead atoms. The molecule has 1 aliphatic carbocycles. The van der Waals surface area contributed by atoms with Crippen LogP contribution in [0.15, 0.2) is 22.7 Å². The molecule has 0 spiro atoms. The number of benzene rings is 1. The lowest BCUT2D eigenvalue weighted by molar-refractivity contribution is -0.116. The number of halogens is 2. The van der Waals surface area contributed by atoms with Gasteiger partial charge in [-0.3, -0.25) is 4.79 Å². The van der Waals surface area contributed by atoms with E-state index in [-0.39, 0.29) is 11.6 Å². The number of hydrogen-bond donors (Lipinski definition) is 0. The van der Waals surface area contributed by atoms with Crippen LogP contribution in [-0.4, -0.2) is 16.8 Å². The second-order valence-corrected chi connectivity index (χ2v) is 6.81. The van der Waals surface area contributed by atoms with E-state index in [4.69, 9.17) is 0 Å². The largest absolute Gasteiger partial charge is 0.298 e. The second-order valence-electron chi connectivity index (χ2n) is 4.67. The van der Waals surface area contributed by atoms with Crippen LogP contribution in [0.1, 0.15) is 31.2 Å². The van der Waals surface area contributed by atoms with E-state index in [2.05, 4.69) is 15.9 Å². The highest BCUT2D eigenvalue weighted by Gasteiger charge is 2.17. The molecule has 0 aromatic heterocycles. The number of carbonyl (C=O) groups is 1. The minimum Gasteiger partial charge on any atom is -0.298 e. The number of ketones is 1. The van der Waals surface area contributed by atoms with Crippen molar-refractivity contribution in [2.75, 3.05) is 5.75 Å². The highest BCUT2D eigenvalue weighted by molar-refractivity contribution is 9.10. The van der Waals surface area contributed by atoms with Gasteiger partial charge in [0.2, 0.25) is 0 Å². The third-order valence-corrected chi connectivity index (χ3v) is 5.35. The normalized spacial score (nSPS) is 16.1. The van der Waals surface area contributed by atoms with Crippen LogP contribution in [0, 0.1) is 5.82 Å². The van der Waals surface area contributed by atoms with Crippen LogP contribution in [0.2, 0.25) is 0 Å². The van der Waals surface area contributed by atoms with Gasteiger partial charge in [0, 0.05) is 16.1 Å². The molecule has 0 saturated heterocycles. The van der Waals surface area contributed by atoms with Crippen LogP contribution >= 0.6 is 27.7 Å². The fourth-order valence-corrected chi connectivity index (χ4v) is 3.88. The molecule has 1 nitrogen and oxygen atoms in total. The Balaban J connectivity index is 1.82. The first-order valence-electron chi connectivity index (χ1n) is 6.22. The van der Waals surface area contributed by atoms with Gasteiger partial charge in [0.25, 0.3) is 0 Å².